The molecule has 5 heteroatoms. The molecule has 3 N–H and O–H groups in total. The summed E-state index contributed by atoms with van der Waals surface area (Å²) in [5.41, 5.74) is 0. The van der Waals surface area contributed by atoms with E-state index in [1.165, 1.54) is 11.9 Å². The predicted octanol–water partition coefficient (Wildman–Crippen LogP) is -0.433. The predicted molar refractivity (Wildman–Crippen MR) is 45.2 cm³/mol. The largest absolute Gasteiger partial charge is 0.465 e. The minimum absolute atomic E-state index is 0.389. The Kier molecular flexibility index (Phi) is 5.40. The van der Waals surface area contributed by atoms with Crippen LogP contribution in [-0.4, -0.2) is 54.0 Å². The lowest BCUT2D eigenvalue weighted by molar-refractivity contribution is 0.154. The number of hydrogen-bond acceptors (Lipinski definition) is 3. The van der Waals surface area contributed by atoms with E-state index in [9.17, 15) is 4.79 Å². The summed E-state index contributed by atoms with van der Waals surface area (Å²) in [4.78, 5) is 11.5. The molecule has 72 valence electrons. The second-order valence-electron chi connectivity index (χ2n) is 2.76. The first-order chi connectivity index (χ1) is 5.54. The number of aliphatic hydroxyl groups is 1. The molecule has 0 aromatic heterocycles. The van der Waals surface area contributed by atoms with Crippen molar-refractivity contribution >= 4 is 6.09 Å². The second-order valence-corrected chi connectivity index (χ2v) is 2.76. The normalized spacial score (nSPS) is 12.6. The van der Waals surface area contributed by atoms with E-state index in [1.54, 1.807) is 6.92 Å². The number of carbonyl (C=O) groups is 1. The summed E-state index contributed by atoms with van der Waals surface area (Å²) in [7, 11) is 1.51. The third-order valence-corrected chi connectivity index (χ3v) is 1.39. The van der Waals surface area contributed by atoms with Gasteiger partial charge < -0.3 is 20.4 Å². The summed E-state index contributed by atoms with van der Waals surface area (Å²) in [5.74, 6) is 0. The van der Waals surface area contributed by atoms with Crippen LogP contribution in [0.5, 0.6) is 0 Å². The Balaban J connectivity index is 3.25. The van der Waals surface area contributed by atoms with Crippen LogP contribution < -0.4 is 5.32 Å². The smallest absolute Gasteiger partial charge is 0.407 e. The van der Waals surface area contributed by atoms with Gasteiger partial charge in [0.25, 0.3) is 0 Å². The van der Waals surface area contributed by atoms with Gasteiger partial charge in [0.15, 0.2) is 0 Å². The molecule has 0 saturated heterocycles. The average Bonchev–Trinajstić information content (AvgIpc) is 1.97. The molecule has 0 aliphatic rings. The molecule has 0 radical (unpaired) electrons. The van der Waals surface area contributed by atoms with Crippen LogP contribution in [0, 0.1) is 0 Å². The van der Waals surface area contributed by atoms with Crippen molar-refractivity contribution in [3.05, 3.63) is 0 Å². The minimum Gasteiger partial charge on any atom is -0.465 e. The van der Waals surface area contributed by atoms with E-state index < -0.39 is 6.09 Å². The first kappa shape index (κ1) is 11.2. The van der Waals surface area contributed by atoms with Crippen molar-refractivity contribution < 1.29 is 15.0 Å². The van der Waals surface area contributed by atoms with Crippen LogP contribution in [0.15, 0.2) is 0 Å². The van der Waals surface area contributed by atoms with Crippen LogP contribution in [0.2, 0.25) is 0 Å². The summed E-state index contributed by atoms with van der Waals surface area (Å²) in [6.45, 7) is 3.16. The number of hydrogen-bond donors (Lipinski definition) is 3. The quantitative estimate of drug-likeness (QED) is 0.497. The first-order valence-corrected chi connectivity index (χ1v) is 3.87. The van der Waals surface area contributed by atoms with Crippen LogP contribution in [0.1, 0.15) is 6.92 Å². The van der Waals surface area contributed by atoms with E-state index in [0.29, 0.717) is 19.6 Å². The van der Waals surface area contributed by atoms with E-state index >= 15 is 0 Å². The fraction of sp³-hybridized carbons (Fsp3) is 0.857. The number of amides is 1. The molecular formula is C7H16N2O3. The van der Waals surface area contributed by atoms with E-state index in [4.69, 9.17) is 10.2 Å². The van der Waals surface area contributed by atoms with Gasteiger partial charge in [-0.3, -0.25) is 0 Å². The molecule has 5 nitrogen and oxygen atoms in total. The van der Waals surface area contributed by atoms with Crippen LogP contribution in [0.3, 0.4) is 0 Å². The monoisotopic (exact) mass is 176 g/mol. The standard InChI is InChI=1S/C7H16N2O3/c1-6(10)5-8-3-4-9(2)7(11)12/h6,8,10H,3-5H2,1-2H3,(H,11,12). The third-order valence-electron chi connectivity index (χ3n) is 1.39. The highest BCUT2D eigenvalue weighted by Gasteiger charge is 2.03. The van der Waals surface area contributed by atoms with Gasteiger partial charge in [0.05, 0.1) is 6.10 Å². The summed E-state index contributed by atoms with van der Waals surface area (Å²) in [6.07, 6.45) is -1.33. The maximum Gasteiger partial charge on any atom is 0.407 e. The minimum atomic E-state index is -0.936. The zero-order chi connectivity index (χ0) is 9.56. The van der Waals surface area contributed by atoms with Gasteiger partial charge in [0, 0.05) is 26.7 Å². The highest BCUT2D eigenvalue weighted by molar-refractivity contribution is 5.64. The number of nitrogens with zero attached hydrogens (tertiary/aromatic N) is 1. The fourth-order valence-electron chi connectivity index (χ4n) is 0.653. The van der Waals surface area contributed by atoms with Crippen molar-refractivity contribution in [2.45, 2.75) is 13.0 Å². The Morgan fingerprint density at radius 3 is 2.67 bits per heavy atom. The molecule has 0 spiro atoms. The lowest BCUT2D eigenvalue weighted by atomic mass is 10.4. The van der Waals surface area contributed by atoms with E-state index in [1.807, 2.05) is 0 Å². The molecule has 1 atom stereocenters. The number of nitrogens with one attached hydrogen (secondary N) is 1. The van der Waals surface area contributed by atoms with Gasteiger partial charge in [-0.15, -0.1) is 0 Å². The lowest BCUT2D eigenvalue weighted by Crippen LogP contribution is -2.35. The topological polar surface area (TPSA) is 72.8 Å². The molecule has 0 fully saturated rings. The van der Waals surface area contributed by atoms with Gasteiger partial charge in [0.2, 0.25) is 0 Å². The second kappa shape index (κ2) is 5.79. The maximum absolute atomic E-state index is 10.3. The number of rotatable bonds is 5. The Labute approximate surface area is 72.0 Å². The van der Waals surface area contributed by atoms with Gasteiger partial charge in [0.1, 0.15) is 0 Å². The van der Waals surface area contributed by atoms with Gasteiger partial charge in [-0.05, 0) is 6.92 Å². The summed E-state index contributed by atoms with van der Waals surface area (Å²) >= 11 is 0. The zero-order valence-electron chi connectivity index (χ0n) is 7.45. The Morgan fingerprint density at radius 2 is 2.25 bits per heavy atom. The molecule has 12 heavy (non-hydrogen) atoms. The zero-order valence-corrected chi connectivity index (χ0v) is 7.45. The number of aliphatic hydroxyl groups excluding tert-OH is 1. The lowest BCUT2D eigenvalue weighted by Gasteiger charge is -2.13. The van der Waals surface area contributed by atoms with Crippen LogP contribution in [0.25, 0.3) is 0 Å². The highest BCUT2D eigenvalue weighted by atomic mass is 16.4. The van der Waals surface area contributed by atoms with Gasteiger partial charge in [-0.1, -0.05) is 0 Å². The van der Waals surface area contributed by atoms with Crippen LogP contribution >= 0.6 is 0 Å². The van der Waals surface area contributed by atoms with E-state index in [0.717, 1.165) is 0 Å². The van der Waals surface area contributed by atoms with E-state index in [-0.39, 0.29) is 6.10 Å². The molecule has 0 bridgehead atoms. The van der Waals surface area contributed by atoms with Crippen molar-refractivity contribution in [2.24, 2.45) is 0 Å². The van der Waals surface area contributed by atoms with Crippen molar-refractivity contribution in [3.63, 3.8) is 0 Å². The molecule has 0 aliphatic carbocycles. The molecule has 0 rings (SSSR count). The number of carboxylic acid groups (broad SMARTS) is 1. The van der Waals surface area contributed by atoms with Gasteiger partial charge in [-0.2, -0.15) is 0 Å². The van der Waals surface area contributed by atoms with Crippen molar-refractivity contribution in [3.8, 4) is 0 Å². The molecule has 0 aliphatic heterocycles. The van der Waals surface area contributed by atoms with Crippen molar-refractivity contribution in [2.75, 3.05) is 26.7 Å². The highest BCUT2D eigenvalue weighted by Crippen LogP contribution is 1.81. The molecule has 0 aromatic rings. The van der Waals surface area contributed by atoms with Crippen LogP contribution in [0.4, 0.5) is 4.79 Å². The van der Waals surface area contributed by atoms with Crippen molar-refractivity contribution in [1.29, 1.82) is 0 Å². The Morgan fingerprint density at radius 1 is 1.67 bits per heavy atom. The third kappa shape index (κ3) is 5.94. The van der Waals surface area contributed by atoms with E-state index in [2.05, 4.69) is 5.32 Å². The van der Waals surface area contributed by atoms with Gasteiger partial charge in [-0.25, -0.2) is 4.79 Å². The molecule has 0 saturated carbocycles. The SMILES string of the molecule is CC(O)CNCCN(C)C(=O)O. The Bertz CT molecular complexity index is 139. The summed E-state index contributed by atoms with van der Waals surface area (Å²) < 4.78 is 0. The molecule has 0 aromatic carbocycles. The summed E-state index contributed by atoms with van der Waals surface area (Å²) in [5, 5.41) is 20.2. The first-order valence-electron chi connectivity index (χ1n) is 3.87. The molecule has 0 heterocycles. The molecular weight excluding hydrogens is 160 g/mol. The summed E-state index contributed by atoms with van der Waals surface area (Å²) in [6, 6.07) is 0. The molecule has 1 amide bonds. The average molecular weight is 176 g/mol. The van der Waals surface area contributed by atoms with Gasteiger partial charge >= 0.3 is 6.09 Å². The Hall–Kier alpha value is -0.810. The fourth-order valence-corrected chi connectivity index (χ4v) is 0.653. The molecule has 1 unspecified atom stereocenters. The van der Waals surface area contributed by atoms with Crippen molar-refractivity contribution in [1.82, 2.24) is 10.2 Å². The number of likely N-dealkylation sites (N-methyl/N-ethyl adjacent to an activating group) is 1. The maximum atomic E-state index is 10.3. The van der Waals surface area contributed by atoms with Crippen LogP contribution in [-0.2, 0) is 0 Å².